The number of carbonyl (C=O) groups excluding carboxylic acids is 1. The van der Waals surface area contributed by atoms with Crippen LogP contribution >= 0.6 is 11.6 Å². The van der Waals surface area contributed by atoms with Gasteiger partial charge in [-0.05, 0) is 43.9 Å². The smallest absolute Gasteiger partial charge is 0.256 e. The molecule has 0 saturated carbocycles. The fraction of sp³-hybridized carbons (Fsp3) is 0.562. The number of halogens is 1. The summed E-state index contributed by atoms with van der Waals surface area (Å²) in [7, 11) is 0. The number of amides is 1. The largest absolute Gasteiger partial charge is 0.384 e. The predicted molar refractivity (Wildman–Crippen MR) is 84.6 cm³/mol. The van der Waals surface area contributed by atoms with Crippen LogP contribution in [0.15, 0.2) is 18.2 Å². The van der Waals surface area contributed by atoms with E-state index in [1.54, 1.807) is 6.07 Å². The number of benzene rings is 1. The zero-order chi connectivity index (χ0) is 14.5. The molecule has 1 aromatic rings. The van der Waals surface area contributed by atoms with Crippen molar-refractivity contribution in [2.24, 2.45) is 0 Å². The van der Waals surface area contributed by atoms with Crippen molar-refractivity contribution in [2.45, 2.75) is 45.6 Å². The molecule has 1 N–H and O–H groups in total. The molecule has 1 heterocycles. The first-order chi connectivity index (χ1) is 9.67. The molecule has 1 aliphatic heterocycles. The first-order valence-corrected chi connectivity index (χ1v) is 7.89. The standard InChI is InChI=1S/C16H23ClN2O/c1-3-9-18-15-8-7-12(17)11-14(15)16(20)19-10-5-6-13(19)4-2/h7-8,11,13,18H,3-6,9-10H2,1-2H3. The molecule has 4 heteroatoms. The highest BCUT2D eigenvalue weighted by Gasteiger charge is 2.29. The van der Waals surface area contributed by atoms with E-state index in [1.165, 1.54) is 0 Å². The molecule has 1 aliphatic rings. The third-order valence-electron chi connectivity index (χ3n) is 3.89. The second kappa shape index (κ2) is 6.98. The molecule has 1 atom stereocenters. The number of nitrogens with zero attached hydrogens (tertiary/aromatic N) is 1. The van der Waals surface area contributed by atoms with Crippen LogP contribution < -0.4 is 5.32 Å². The Morgan fingerprint density at radius 1 is 1.45 bits per heavy atom. The van der Waals surface area contributed by atoms with Crippen LogP contribution in [0.2, 0.25) is 5.02 Å². The van der Waals surface area contributed by atoms with Crippen molar-refractivity contribution in [2.75, 3.05) is 18.4 Å². The van der Waals surface area contributed by atoms with E-state index in [1.807, 2.05) is 17.0 Å². The maximum atomic E-state index is 12.8. The van der Waals surface area contributed by atoms with Crippen molar-refractivity contribution in [3.63, 3.8) is 0 Å². The van der Waals surface area contributed by atoms with Crippen LogP contribution in [0.1, 0.15) is 49.9 Å². The maximum Gasteiger partial charge on any atom is 0.256 e. The molecule has 0 radical (unpaired) electrons. The van der Waals surface area contributed by atoms with Crippen LogP contribution in [-0.4, -0.2) is 29.9 Å². The molecular formula is C16H23ClN2O. The minimum atomic E-state index is 0.107. The molecule has 1 fully saturated rings. The van der Waals surface area contributed by atoms with E-state index in [-0.39, 0.29) is 5.91 Å². The van der Waals surface area contributed by atoms with Crippen molar-refractivity contribution < 1.29 is 4.79 Å². The number of rotatable bonds is 5. The summed E-state index contributed by atoms with van der Waals surface area (Å²) in [4.78, 5) is 14.8. The van der Waals surface area contributed by atoms with Gasteiger partial charge in [-0.3, -0.25) is 4.79 Å². The van der Waals surface area contributed by atoms with Gasteiger partial charge in [-0.15, -0.1) is 0 Å². The van der Waals surface area contributed by atoms with Crippen LogP contribution in [0.3, 0.4) is 0 Å². The third kappa shape index (κ3) is 3.26. The van der Waals surface area contributed by atoms with E-state index < -0.39 is 0 Å². The maximum absolute atomic E-state index is 12.8. The Balaban J connectivity index is 2.25. The summed E-state index contributed by atoms with van der Waals surface area (Å²) in [6, 6.07) is 5.90. The summed E-state index contributed by atoms with van der Waals surface area (Å²) >= 11 is 6.07. The zero-order valence-corrected chi connectivity index (χ0v) is 13.0. The lowest BCUT2D eigenvalue weighted by Gasteiger charge is -2.25. The fourth-order valence-corrected chi connectivity index (χ4v) is 2.96. The van der Waals surface area contributed by atoms with Crippen LogP contribution in [0.5, 0.6) is 0 Å². The molecule has 0 aromatic heterocycles. The second-order valence-corrected chi connectivity index (χ2v) is 5.76. The van der Waals surface area contributed by atoms with Crippen molar-refractivity contribution in [1.82, 2.24) is 4.90 Å². The van der Waals surface area contributed by atoms with Gasteiger partial charge >= 0.3 is 0 Å². The van der Waals surface area contributed by atoms with Gasteiger partial charge < -0.3 is 10.2 Å². The highest BCUT2D eigenvalue weighted by Crippen LogP contribution is 2.27. The van der Waals surface area contributed by atoms with Crippen molar-refractivity contribution in [3.05, 3.63) is 28.8 Å². The van der Waals surface area contributed by atoms with Crippen molar-refractivity contribution in [1.29, 1.82) is 0 Å². The van der Waals surface area contributed by atoms with Gasteiger partial charge in [0, 0.05) is 29.8 Å². The van der Waals surface area contributed by atoms with Crippen LogP contribution in [-0.2, 0) is 0 Å². The first-order valence-electron chi connectivity index (χ1n) is 7.51. The van der Waals surface area contributed by atoms with Crippen LogP contribution in [0.4, 0.5) is 5.69 Å². The van der Waals surface area contributed by atoms with Crippen LogP contribution in [0, 0.1) is 0 Å². The lowest BCUT2D eigenvalue weighted by atomic mass is 10.1. The van der Waals surface area contributed by atoms with Gasteiger partial charge in [-0.25, -0.2) is 0 Å². The van der Waals surface area contributed by atoms with Gasteiger partial charge in [-0.2, -0.15) is 0 Å². The summed E-state index contributed by atoms with van der Waals surface area (Å²) < 4.78 is 0. The van der Waals surface area contributed by atoms with Gasteiger partial charge in [0.05, 0.1) is 5.56 Å². The number of anilines is 1. The number of hydrogen-bond acceptors (Lipinski definition) is 2. The number of carbonyl (C=O) groups is 1. The highest BCUT2D eigenvalue weighted by atomic mass is 35.5. The summed E-state index contributed by atoms with van der Waals surface area (Å²) in [5.41, 5.74) is 1.59. The molecule has 1 saturated heterocycles. The monoisotopic (exact) mass is 294 g/mol. The van der Waals surface area contributed by atoms with Gasteiger partial charge in [0.15, 0.2) is 0 Å². The summed E-state index contributed by atoms with van der Waals surface area (Å²) in [6.45, 7) is 5.97. The number of nitrogens with one attached hydrogen (secondary N) is 1. The Hall–Kier alpha value is -1.22. The molecule has 1 unspecified atom stereocenters. The van der Waals surface area contributed by atoms with E-state index >= 15 is 0 Å². The van der Waals surface area contributed by atoms with E-state index in [4.69, 9.17) is 11.6 Å². The topological polar surface area (TPSA) is 32.3 Å². The van der Waals surface area contributed by atoms with E-state index in [0.29, 0.717) is 16.6 Å². The summed E-state index contributed by atoms with van der Waals surface area (Å²) in [6.07, 6.45) is 4.25. The minimum absolute atomic E-state index is 0.107. The fourth-order valence-electron chi connectivity index (χ4n) is 2.79. The number of hydrogen-bond donors (Lipinski definition) is 1. The Kier molecular flexibility index (Phi) is 5.30. The Labute approximate surface area is 126 Å². The van der Waals surface area contributed by atoms with Gasteiger partial charge in [0.2, 0.25) is 0 Å². The molecule has 20 heavy (non-hydrogen) atoms. The van der Waals surface area contributed by atoms with E-state index in [0.717, 1.165) is 44.5 Å². The lowest BCUT2D eigenvalue weighted by molar-refractivity contribution is 0.0734. The molecule has 0 aliphatic carbocycles. The average Bonchev–Trinajstić information content (AvgIpc) is 2.93. The van der Waals surface area contributed by atoms with Crippen molar-refractivity contribution in [3.8, 4) is 0 Å². The zero-order valence-electron chi connectivity index (χ0n) is 12.3. The molecule has 0 spiro atoms. The molecule has 110 valence electrons. The van der Waals surface area contributed by atoms with Crippen molar-refractivity contribution >= 4 is 23.2 Å². The molecule has 1 aromatic carbocycles. The third-order valence-corrected chi connectivity index (χ3v) is 4.12. The van der Waals surface area contributed by atoms with E-state index in [9.17, 15) is 4.79 Å². The van der Waals surface area contributed by atoms with E-state index in [2.05, 4.69) is 19.2 Å². The predicted octanol–water partition coefficient (Wildman–Crippen LogP) is 4.18. The quantitative estimate of drug-likeness (QED) is 0.883. The molecule has 0 bridgehead atoms. The molecular weight excluding hydrogens is 272 g/mol. The Morgan fingerprint density at radius 3 is 2.95 bits per heavy atom. The molecule has 2 rings (SSSR count). The highest BCUT2D eigenvalue weighted by molar-refractivity contribution is 6.31. The molecule has 1 amide bonds. The van der Waals surface area contributed by atoms with Gasteiger partial charge in [-0.1, -0.05) is 25.4 Å². The second-order valence-electron chi connectivity index (χ2n) is 5.32. The first kappa shape index (κ1) is 15.2. The molecule has 3 nitrogen and oxygen atoms in total. The number of likely N-dealkylation sites (tertiary alicyclic amines) is 1. The summed E-state index contributed by atoms with van der Waals surface area (Å²) in [5, 5.41) is 3.93. The van der Waals surface area contributed by atoms with Gasteiger partial charge in [0.1, 0.15) is 0 Å². The van der Waals surface area contributed by atoms with Gasteiger partial charge in [0.25, 0.3) is 5.91 Å². The minimum Gasteiger partial charge on any atom is -0.384 e. The average molecular weight is 295 g/mol. The normalized spacial score (nSPS) is 18.4. The van der Waals surface area contributed by atoms with Crippen LogP contribution in [0.25, 0.3) is 0 Å². The SMILES string of the molecule is CCCNc1ccc(Cl)cc1C(=O)N1CCCC1CC. The Morgan fingerprint density at radius 2 is 2.25 bits per heavy atom. The summed E-state index contributed by atoms with van der Waals surface area (Å²) in [5.74, 6) is 0.107. The lowest BCUT2D eigenvalue weighted by Crippen LogP contribution is -2.35. The Bertz CT molecular complexity index is 476.